The van der Waals surface area contributed by atoms with Gasteiger partial charge >= 0.3 is 0 Å². The molecule has 0 aliphatic rings. The molecule has 2 aromatic rings. The van der Waals surface area contributed by atoms with Crippen LogP contribution in [-0.2, 0) is 6.54 Å². The van der Waals surface area contributed by atoms with Gasteiger partial charge in [0.1, 0.15) is 5.75 Å². The molecule has 0 saturated heterocycles. The van der Waals surface area contributed by atoms with Crippen LogP contribution in [-0.4, -0.2) is 11.7 Å². The number of hydrogen-bond donors (Lipinski definition) is 0. The maximum atomic E-state index is 5.40. The SMILES string of the molecule is CCCCCCCCn1ccc2c(OC)cccc21. The van der Waals surface area contributed by atoms with E-state index in [2.05, 4.69) is 35.9 Å². The number of rotatable bonds is 8. The summed E-state index contributed by atoms with van der Waals surface area (Å²) in [4.78, 5) is 0. The molecule has 2 rings (SSSR count). The molecule has 0 unspecified atom stereocenters. The molecular weight excluding hydrogens is 234 g/mol. The molecule has 0 spiro atoms. The monoisotopic (exact) mass is 259 g/mol. The van der Waals surface area contributed by atoms with Crippen molar-refractivity contribution in [2.24, 2.45) is 0 Å². The first-order valence-corrected chi connectivity index (χ1v) is 7.48. The van der Waals surface area contributed by atoms with Crippen LogP contribution >= 0.6 is 0 Å². The number of ether oxygens (including phenoxy) is 1. The zero-order valence-corrected chi connectivity index (χ0v) is 12.2. The summed E-state index contributed by atoms with van der Waals surface area (Å²) in [6, 6.07) is 8.43. The van der Waals surface area contributed by atoms with Gasteiger partial charge in [0.15, 0.2) is 0 Å². The highest BCUT2D eigenvalue weighted by atomic mass is 16.5. The second-order valence-corrected chi connectivity index (χ2v) is 5.17. The molecule has 1 heterocycles. The highest BCUT2D eigenvalue weighted by Gasteiger charge is 2.05. The van der Waals surface area contributed by atoms with Gasteiger partial charge in [-0.3, -0.25) is 0 Å². The van der Waals surface area contributed by atoms with Crippen LogP contribution in [0.2, 0.25) is 0 Å². The van der Waals surface area contributed by atoms with Crippen molar-refractivity contribution in [1.29, 1.82) is 0 Å². The number of methoxy groups -OCH3 is 1. The third-order valence-electron chi connectivity index (χ3n) is 3.75. The average molecular weight is 259 g/mol. The molecule has 104 valence electrons. The van der Waals surface area contributed by atoms with Crippen LogP contribution < -0.4 is 4.74 Å². The molecule has 0 amide bonds. The second-order valence-electron chi connectivity index (χ2n) is 5.17. The Kier molecular flexibility index (Phi) is 5.31. The summed E-state index contributed by atoms with van der Waals surface area (Å²) in [5, 5.41) is 1.22. The van der Waals surface area contributed by atoms with Gasteiger partial charge in [-0.05, 0) is 24.6 Å². The Morgan fingerprint density at radius 3 is 2.58 bits per heavy atom. The second kappa shape index (κ2) is 7.22. The quantitative estimate of drug-likeness (QED) is 0.608. The lowest BCUT2D eigenvalue weighted by atomic mass is 10.1. The van der Waals surface area contributed by atoms with Gasteiger partial charge in [0, 0.05) is 18.1 Å². The lowest BCUT2D eigenvalue weighted by Crippen LogP contribution is -1.96. The number of nitrogens with zero attached hydrogens (tertiary/aromatic N) is 1. The Morgan fingerprint density at radius 2 is 1.79 bits per heavy atom. The number of aryl methyl sites for hydroxylation is 1. The van der Waals surface area contributed by atoms with Crippen molar-refractivity contribution >= 4 is 10.9 Å². The number of fused-ring (bicyclic) bond motifs is 1. The van der Waals surface area contributed by atoms with Gasteiger partial charge in [0.05, 0.1) is 12.6 Å². The summed E-state index contributed by atoms with van der Waals surface area (Å²) in [5.74, 6) is 0.971. The van der Waals surface area contributed by atoms with Crippen LogP contribution in [0.25, 0.3) is 10.9 Å². The van der Waals surface area contributed by atoms with E-state index >= 15 is 0 Å². The van der Waals surface area contributed by atoms with Crippen molar-refractivity contribution in [3.8, 4) is 5.75 Å². The summed E-state index contributed by atoms with van der Waals surface area (Å²) in [7, 11) is 1.74. The molecule has 0 N–H and O–H groups in total. The van der Waals surface area contributed by atoms with Gasteiger partial charge in [-0.15, -0.1) is 0 Å². The van der Waals surface area contributed by atoms with Crippen molar-refractivity contribution in [3.63, 3.8) is 0 Å². The van der Waals surface area contributed by atoms with E-state index in [9.17, 15) is 0 Å². The van der Waals surface area contributed by atoms with Crippen molar-refractivity contribution in [3.05, 3.63) is 30.5 Å². The Morgan fingerprint density at radius 1 is 1.00 bits per heavy atom. The van der Waals surface area contributed by atoms with Crippen molar-refractivity contribution < 1.29 is 4.74 Å². The zero-order valence-electron chi connectivity index (χ0n) is 12.2. The summed E-state index contributed by atoms with van der Waals surface area (Å²) >= 11 is 0. The minimum atomic E-state index is 0.971. The van der Waals surface area contributed by atoms with Gasteiger partial charge in [-0.1, -0.05) is 45.1 Å². The maximum Gasteiger partial charge on any atom is 0.128 e. The van der Waals surface area contributed by atoms with Crippen molar-refractivity contribution in [1.82, 2.24) is 4.57 Å². The van der Waals surface area contributed by atoms with Gasteiger partial charge in [-0.25, -0.2) is 0 Å². The number of benzene rings is 1. The van der Waals surface area contributed by atoms with E-state index in [1.807, 2.05) is 6.07 Å². The predicted molar refractivity (Wildman–Crippen MR) is 81.9 cm³/mol. The van der Waals surface area contributed by atoms with E-state index in [4.69, 9.17) is 4.74 Å². The Balaban J connectivity index is 1.91. The van der Waals surface area contributed by atoms with Crippen LogP contribution in [0.1, 0.15) is 45.4 Å². The first-order valence-electron chi connectivity index (χ1n) is 7.48. The van der Waals surface area contributed by atoms with E-state index in [-0.39, 0.29) is 0 Å². The molecule has 0 atom stereocenters. The number of aromatic nitrogens is 1. The van der Waals surface area contributed by atoms with E-state index in [1.54, 1.807) is 7.11 Å². The Hall–Kier alpha value is -1.44. The summed E-state index contributed by atoms with van der Waals surface area (Å²) < 4.78 is 7.74. The van der Waals surface area contributed by atoms with Crippen LogP contribution in [0.4, 0.5) is 0 Å². The summed E-state index contributed by atoms with van der Waals surface area (Å²) in [5.41, 5.74) is 1.29. The minimum Gasteiger partial charge on any atom is -0.496 e. The maximum absolute atomic E-state index is 5.40. The molecule has 1 aromatic heterocycles. The number of unbranched alkanes of at least 4 members (excludes halogenated alkanes) is 5. The fourth-order valence-corrected chi connectivity index (χ4v) is 2.63. The van der Waals surface area contributed by atoms with E-state index in [0.717, 1.165) is 12.3 Å². The van der Waals surface area contributed by atoms with Gasteiger partial charge in [-0.2, -0.15) is 0 Å². The van der Waals surface area contributed by atoms with E-state index in [1.165, 1.54) is 49.4 Å². The lowest BCUT2D eigenvalue weighted by Gasteiger charge is -2.07. The largest absolute Gasteiger partial charge is 0.496 e. The van der Waals surface area contributed by atoms with E-state index in [0.29, 0.717) is 0 Å². The van der Waals surface area contributed by atoms with Gasteiger partial charge < -0.3 is 9.30 Å². The summed E-state index contributed by atoms with van der Waals surface area (Å²) in [6.07, 6.45) is 10.2. The molecule has 0 aliphatic heterocycles. The Bertz CT molecular complexity index is 501. The molecule has 0 radical (unpaired) electrons. The highest BCUT2D eigenvalue weighted by molar-refractivity contribution is 5.86. The fourth-order valence-electron chi connectivity index (χ4n) is 2.63. The highest BCUT2D eigenvalue weighted by Crippen LogP contribution is 2.26. The van der Waals surface area contributed by atoms with Crippen LogP contribution in [0.15, 0.2) is 30.5 Å². The predicted octanol–water partition coefficient (Wildman–Crippen LogP) is 5.01. The molecule has 0 bridgehead atoms. The Labute approximate surface area is 116 Å². The number of hydrogen-bond acceptors (Lipinski definition) is 1. The molecular formula is C17H25NO. The molecule has 0 saturated carbocycles. The minimum absolute atomic E-state index is 0.971. The van der Waals surface area contributed by atoms with Gasteiger partial charge in [0.2, 0.25) is 0 Å². The standard InChI is InChI=1S/C17H25NO/c1-3-4-5-6-7-8-13-18-14-12-15-16(18)10-9-11-17(15)19-2/h9-12,14H,3-8,13H2,1-2H3. The smallest absolute Gasteiger partial charge is 0.128 e. The first kappa shape index (κ1) is 14.0. The van der Waals surface area contributed by atoms with Crippen LogP contribution in [0, 0.1) is 0 Å². The molecule has 0 aliphatic carbocycles. The third kappa shape index (κ3) is 3.52. The van der Waals surface area contributed by atoms with Crippen molar-refractivity contribution in [2.75, 3.05) is 7.11 Å². The van der Waals surface area contributed by atoms with Crippen molar-refractivity contribution in [2.45, 2.75) is 52.0 Å². The summed E-state index contributed by atoms with van der Waals surface area (Å²) in [6.45, 7) is 3.38. The molecule has 2 nitrogen and oxygen atoms in total. The average Bonchev–Trinajstić information content (AvgIpc) is 2.86. The third-order valence-corrected chi connectivity index (χ3v) is 3.75. The van der Waals surface area contributed by atoms with E-state index < -0.39 is 0 Å². The lowest BCUT2D eigenvalue weighted by molar-refractivity contribution is 0.420. The topological polar surface area (TPSA) is 14.2 Å². The molecule has 19 heavy (non-hydrogen) atoms. The molecule has 1 aromatic carbocycles. The van der Waals surface area contributed by atoms with Gasteiger partial charge in [0.25, 0.3) is 0 Å². The fraction of sp³-hybridized carbons (Fsp3) is 0.529. The first-order chi connectivity index (χ1) is 9.36. The molecule has 2 heteroatoms. The zero-order chi connectivity index (χ0) is 13.5. The molecule has 0 fully saturated rings. The van der Waals surface area contributed by atoms with Crippen LogP contribution in [0.3, 0.4) is 0 Å². The van der Waals surface area contributed by atoms with Crippen LogP contribution in [0.5, 0.6) is 5.75 Å². The normalized spacial score (nSPS) is 11.1.